The van der Waals surface area contributed by atoms with Crippen molar-refractivity contribution in [2.75, 3.05) is 0 Å². The minimum atomic E-state index is -0.898. The smallest absolute Gasteiger partial charge is 0.657 e. The van der Waals surface area contributed by atoms with Crippen LogP contribution in [-0.2, 0) is 33.1 Å². The summed E-state index contributed by atoms with van der Waals surface area (Å²) in [7, 11) is 0. The first kappa shape index (κ1) is 41.1. The molecule has 0 saturated heterocycles. The van der Waals surface area contributed by atoms with Crippen LogP contribution in [0.1, 0.15) is 78.1 Å². The fraction of sp³-hybridized carbons (Fsp3) is 0.170. The zero-order valence-corrected chi connectivity index (χ0v) is 33.6. The second-order valence-electron chi connectivity index (χ2n) is 14.0. The van der Waals surface area contributed by atoms with Crippen molar-refractivity contribution < 1.29 is 41.3 Å². The molecular formula is C47H40FeN4O6. The van der Waals surface area contributed by atoms with E-state index >= 15 is 0 Å². The maximum atomic E-state index is 12.0. The van der Waals surface area contributed by atoms with E-state index in [0.29, 0.717) is 62.7 Å². The molecule has 0 radical (unpaired) electrons. The summed E-state index contributed by atoms with van der Waals surface area (Å²) in [6.07, 6.45) is 4.06. The predicted molar refractivity (Wildman–Crippen MR) is 226 cm³/mol. The molecule has 8 bridgehead atoms. The molecular weight excluding hydrogens is 772 g/mol. The molecule has 11 heteroatoms. The minimum absolute atomic E-state index is 0. The molecule has 8 rings (SSSR count). The molecule has 2 N–H and O–H groups in total. The molecule has 0 aliphatic carbocycles. The van der Waals surface area contributed by atoms with E-state index in [9.17, 15) is 24.6 Å². The standard InChI is InChI=1S/C34H34N4O4.C13H8O2.Fe/c1-7-21-17(3)25-13-26-19(5)23(9-11-33(39)40)31(37-26)16-32-24(10-12-34(41)42)20(6)28(38-32)15-30-22(8-2)18(4)27(36-30)14-29(21)35-25;14-13-9-5-1-3-7-11(9)15-12-8-4-2-6-10(12)13;/h7-8,13-16H,1-2,9-12H2,3-6H3,(H4,35,36,37,38,39,40,41,42);1-8H;/q;;+2/p-2. The summed E-state index contributed by atoms with van der Waals surface area (Å²) in [5.41, 5.74) is 13.9. The number of fused-ring (bicyclic) bond motifs is 10. The second kappa shape index (κ2) is 16.9. The van der Waals surface area contributed by atoms with Crippen LogP contribution in [-0.4, -0.2) is 32.1 Å². The number of allylic oxidation sites excluding steroid dienone is 5. The normalized spacial score (nSPS) is 12.3. The molecule has 58 heavy (non-hydrogen) atoms. The van der Waals surface area contributed by atoms with Crippen LogP contribution in [0.15, 0.2) is 101 Å². The van der Waals surface area contributed by atoms with E-state index in [0.717, 1.165) is 61.5 Å². The fourth-order valence-corrected chi connectivity index (χ4v) is 7.36. The van der Waals surface area contributed by atoms with Crippen molar-refractivity contribution in [2.45, 2.75) is 53.4 Å². The van der Waals surface area contributed by atoms with E-state index in [2.05, 4.69) is 13.2 Å². The van der Waals surface area contributed by atoms with E-state index in [1.54, 1.807) is 24.3 Å². The number of carbonyl (C=O) groups is 2. The van der Waals surface area contributed by atoms with Gasteiger partial charge in [0.1, 0.15) is 11.2 Å². The summed E-state index contributed by atoms with van der Waals surface area (Å²) in [5.74, 6) is -1.80. The van der Waals surface area contributed by atoms with Gasteiger partial charge in [0.15, 0.2) is 0 Å². The molecule has 6 heterocycles. The largest absolute Gasteiger partial charge is 2.00 e. The Morgan fingerprint density at radius 2 is 1.19 bits per heavy atom. The first-order chi connectivity index (χ1) is 27.4. The van der Waals surface area contributed by atoms with Crippen molar-refractivity contribution in [1.29, 1.82) is 0 Å². The average molecular weight is 813 g/mol. The summed E-state index contributed by atoms with van der Waals surface area (Å²) in [6, 6.07) is 22.2. The number of benzene rings is 2. The Morgan fingerprint density at radius 1 is 0.672 bits per heavy atom. The van der Waals surface area contributed by atoms with Crippen molar-refractivity contribution in [3.05, 3.63) is 147 Å². The Balaban J connectivity index is 0.000000294. The summed E-state index contributed by atoms with van der Waals surface area (Å²) in [4.78, 5) is 54.8. The van der Waals surface area contributed by atoms with Crippen LogP contribution >= 0.6 is 0 Å². The molecule has 0 fully saturated rings. The molecule has 2 aliphatic heterocycles. The van der Waals surface area contributed by atoms with Gasteiger partial charge < -0.3 is 24.6 Å². The minimum Gasteiger partial charge on any atom is -0.657 e. The number of rotatable bonds is 8. The number of carboxylic acid groups (broad SMARTS) is 2. The average Bonchev–Trinajstić information content (AvgIpc) is 3.85. The van der Waals surface area contributed by atoms with E-state index in [1.165, 1.54) is 0 Å². The Hall–Kier alpha value is -6.55. The van der Waals surface area contributed by atoms with Crippen molar-refractivity contribution in [3.8, 4) is 0 Å². The van der Waals surface area contributed by atoms with Gasteiger partial charge in [0.05, 0.1) is 33.5 Å². The van der Waals surface area contributed by atoms with Gasteiger partial charge in [-0.2, -0.15) is 0 Å². The van der Waals surface area contributed by atoms with Crippen LogP contribution in [0.3, 0.4) is 0 Å². The van der Waals surface area contributed by atoms with E-state index < -0.39 is 11.9 Å². The SMILES string of the molecule is C=CC1=C(C)c2cc3[n-]c(cc4nc(cc5[n-]c(cc1n2)c(C)c5C=C)C(C)=C4CCC(=O)O)c(CCC(=O)O)c3C.O=c1c2ccccc2oc2ccccc12.[Fe+2]. The van der Waals surface area contributed by atoms with Crippen LogP contribution in [0.4, 0.5) is 0 Å². The van der Waals surface area contributed by atoms with E-state index in [4.69, 9.17) is 24.4 Å². The number of para-hydroxylation sites is 2. The molecule has 0 unspecified atom stereocenters. The summed E-state index contributed by atoms with van der Waals surface area (Å²) < 4.78 is 5.63. The van der Waals surface area contributed by atoms with Crippen molar-refractivity contribution in [3.63, 3.8) is 0 Å². The number of aliphatic carboxylic acids is 2. The molecule has 0 spiro atoms. The maximum Gasteiger partial charge on any atom is 2.00 e. The summed E-state index contributed by atoms with van der Waals surface area (Å²) >= 11 is 0. The number of nitrogens with zero attached hydrogens (tertiary/aromatic N) is 4. The monoisotopic (exact) mass is 812 g/mol. The van der Waals surface area contributed by atoms with Crippen LogP contribution in [0, 0.1) is 13.8 Å². The van der Waals surface area contributed by atoms with Gasteiger partial charge in [0, 0.05) is 18.4 Å². The molecule has 6 aromatic rings. The van der Waals surface area contributed by atoms with Crippen LogP contribution in [0.2, 0.25) is 0 Å². The van der Waals surface area contributed by atoms with Crippen LogP contribution < -0.4 is 15.4 Å². The number of carboxylic acids is 2. The maximum absolute atomic E-state index is 12.0. The van der Waals surface area contributed by atoms with Gasteiger partial charge in [-0.25, -0.2) is 9.97 Å². The second-order valence-corrected chi connectivity index (χ2v) is 14.0. The van der Waals surface area contributed by atoms with Gasteiger partial charge >= 0.3 is 29.0 Å². The quantitative estimate of drug-likeness (QED) is 0.112. The molecule has 4 aromatic heterocycles. The number of hydrogen-bond acceptors (Lipinski definition) is 6. The molecule has 0 amide bonds. The first-order valence-electron chi connectivity index (χ1n) is 18.5. The number of hydrogen-bond donors (Lipinski definition) is 2. The Kier molecular flexibility index (Phi) is 12.0. The molecule has 0 saturated carbocycles. The Labute approximate surface area is 344 Å². The van der Waals surface area contributed by atoms with Gasteiger partial charge in [0.25, 0.3) is 0 Å². The van der Waals surface area contributed by atoms with E-state index in [1.807, 2.05) is 88.4 Å². The topological polar surface area (TPSA) is 159 Å². The molecule has 10 nitrogen and oxygen atoms in total. The van der Waals surface area contributed by atoms with Crippen molar-refractivity contribution >= 4 is 84.3 Å². The van der Waals surface area contributed by atoms with E-state index in [-0.39, 0.29) is 35.3 Å². The van der Waals surface area contributed by atoms with Crippen LogP contribution in [0.25, 0.3) is 72.4 Å². The molecule has 0 atom stereocenters. The number of aromatic nitrogens is 4. The third kappa shape index (κ3) is 7.87. The zero-order chi connectivity index (χ0) is 40.5. The third-order valence-electron chi connectivity index (χ3n) is 10.5. The van der Waals surface area contributed by atoms with Gasteiger partial charge in [-0.1, -0.05) is 90.5 Å². The first-order valence-corrected chi connectivity index (χ1v) is 18.5. The molecule has 292 valence electrons. The Morgan fingerprint density at radius 3 is 1.81 bits per heavy atom. The predicted octanol–water partition coefficient (Wildman–Crippen LogP) is 9.71. The van der Waals surface area contributed by atoms with Gasteiger partial charge in [0.2, 0.25) is 5.43 Å². The fourth-order valence-electron chi connectivity index (χ4n) is 7.36. The Bertz CT molecular complexity index is 2920. The molecule has 2 aromatic carbocycles. The number of aryl methyl sites for hydroxylation is 3. The van der Waals surface area contributed by atoms with Gasteiger partial charge in [-0.3, -0.25) is 14.4 Å². The van der Waals surface area contributed by atoms with Crippen molar-refractivity contribution in [1.82, 2.24) is 19.9 Å². The third-order valence-corrected chi connectivity index (χ3v) is 10.5. The summed E-state index contributed by atoms with van der Waals surface area (Å²) in [5, 5.41) is 20.1. The van der Waals surface area contributed by atoms with Crippen LogP contribution in [0.5, 0.6) is 0 Å². The zero-order valence-electron chi connectivity index (χ0n) is 32.5. The molecule has 2 aliphatic rings. The van der Waals surface area contributed by atoms with Gasteiger partial charge in [-0.15, -0.1) is 22.1 Å². The van der Waals surface area contributed by atoms with Crippen molar-refractivity contribution in [2.24, 2.45) is 0 Å². The van der Waals surface area contributed by atoms with Gasteiger partial charge in [-0.05, 0) is 87.1 Å². The summed E-state index contributed by atoms with van der Waals surface area (Å²) in [6.45, 7) is 15.9.